The molecule has 1 aromatic rings. The molecule has 4 heteroatoms. The maximum absolute atomic E-state index is 6.01. The highest BCUT2D eigenvalue weighted by molar-refractivity contribution is 5.28. The van der Waals surface area contributed by atoms with Crippen molar-refractivity contribution in [2.24, 2.45) is 5.73 Å². The number of hydrogen-bond donors (Lipinski definition) is 1. The first kappa shape index (κ1) is 17.7. The van der Waals surface area contributed by atoms with Crippen LogP contribution >= 0.6 is 0 Å². The highest BCUT2D eigenvalue weighted by atomic mass is 16.5. The number of nitrogens with zero attached hydrogens (tertiary/aromatic N) is 2. The molecule has 0 aromatic heterocycles. The van der Waals surface area contributed by atoms with Crippen molar-refractivity contribution in [3.63, 3.8) is 0 Å². The topological polar surface area (TPSA) is 41.7 Å². The molecular formula is C20H33N3O. The summed E-state index contributed by atoms with van der Waals surface area (Å²) in [6.45, 7) is 7.24. The predicted octanol–water partition coefficient (Wildman–Crippen LogP) is 2.86. The lowest BCUT2D eigenvalue weighted by Gasteiger charge is -2.35. The van der Waals surface area contributed by atoms with Gasteiger partial charge in [-0.05, 0) is 63.0 Å². The Balaban J connectivity index is 1.48. The van der Waals surface area contributed by atoms with Gasteiger partial charge in [-0.3, -0.25) is 9.80 Å². The molecule has 4 nitrogen and oxygen atoms in total. The first-order valence-electron chi connectivity index (χ1n) is 9.73. The van der Waals surface area contributed by atoms with Gasteiger partial charge in [-0.25, -0.2) is 0 Å². The number of piperidine rings is 2. The Labute approximate surface area is 147 Å². The zero-order chi connectivity index (χ0) is 16.6. The number of rotatable bonds is 7. The molecule has 0 aliphatic carbocycles. The molecule has 3 rings (SSSR count). The van der Waals surface area contributed by atoms with Gasteiger partial charge in [0.25, 0.3) is 0 Å². The first-order valence-corrected chi connectivity index (χ1v) is 9.73. The van der Waals surface area contributed by atoms with E-state index in [-0.39, 0.29) is 0 Å². The molecule has 24 heavy (non-hydrogen) atoms. The lowest BCUT2D eigenvalue weighted by molar-refractivity contribution is 0.144. The summed E-state index contributed by atoms with van der Waals surface area (Å²) in [5.41, 5.74) is 7.28. The van der Waals surface area contributed by atoms with Gasteiger partial charge in [-0.2, -0.15) is 0 Å². The molecule has 1 atom stereocenters. The van der Waals surface area contributed by atoms with Gasteiger partial charge in [0.15, 0.2) is 0 Å². The summed E-state index contributed by atoms with van der Waals surface area (Å²) in [7, 11) is 0. The van der Waals surface area contributed by atoms with Crippen LogP contribution in [-0.4, -0.2) is 55.2 Å². The van der Waals surface area contributed by atoms with Crippen molar-refractivity contribution in [2.75, 3.05) is 39.3 Å². The maximum atomic E-state index is 6.01. The van der Waals surface area contributed by atoms with E-state index in [4.69, 9.17) is 10.5 Å². The number of ether oxygens (including phenoxy) is 1. The Morgan fingerprint density at radius 1 is 1.04 bits per heavy atom. The molecule has 0 bridgehead atoms. The summed E-state index contributed by atoms with van der Waals surface area (Å²) in [4.78, 5) is 5.06. The van der Waals surface area contributed by atoms with Crippen LogP contribution in [0.4, 0.5) is 0 Å². The van der Waals surface area contributed by atoms with Gasteiger partial charge in [0.2, 0.25) is 0 Å². The fourth-order valence-electron chi connectivity index (χ4n) is 3.98. The second-order valence-electron chi connectivity index (χ2n) is 7.25. The van der Waals surface area contributed by atoms with E-state index in [0.717, 1.165) is 32.0 Å². The average Bonchev–Trinajstić information content (AvgIpc) is 2.63. The number of hydrogen-bond acceptors (Lipinski definition) is 4. The van der Waals surface area contributed by atoms with E-state index >= 15 is 0 Å². The summed E-state index contributed by atoms with van der Waals surface area (Å²) < 4.78 is 6.01. The normalized spacial score (nSPS) is 23.3. The molecule has 2 aliphatic rings. The minimum Gasteiger partial charge on any atom is -0.492 e. The van der Waals surface area contributed by atoms with Crippen LogP contribution in [0.1, 0.15) is 44.1 Å². The van der Waals surface area contributed by atoms with Gasteiger partial charge in [-0.1, -0.05) is 25.0 Å². The van der Waals surface area contributed by atoms with Crippen molar-refractivity contribution in [1.29, 1.82) is 0 Å². The molecule has 0 amide bonds. The number of benzene rings is 1. The first-order chi connectivity index (χ1) is 11.8. The van der Waals surface area contributed by atoms with E-state index in [2.05, 4.69) is 34.1 Å². The van der Waals surface area contributed by atoms with Crippen molar-refractivity contribution < 1.29 is 4.74 Å². The smallest absolute Gasteiger partial charge is 0.119 e. The second-order valence-corrected chi connectivity index (χ2v) is 7.25. The zero-order valence-electron chi connectivity index (χ0n) is 15.0. The van der Waals surface area contributed by atoms with Crippen LogP contribution in [0.3, 0.4) is 0 Å². The van der Waals surface area contributed by atoms with Crippen LogP contribution in [0.25, 0.3) is 0 Å². The molecule has 2 aliphatic heterocycles. The highest BCUT2D eigenvalue weighted by Gasteiger charge is 2.21. The van der Waals surface area contributed by atoms with Crippen LogP contribution in [0.15, 0.2) is 24.3 Å². The Bertz CT molecular complexity index is 488. The monoisotopic (exact) mass is 331 g/mol. The third-order valence-corrected chi connectivity index (χ3v) is 5.43. The maximum Gasteiger partial charge on any atom is 0.119 e. The minimum atomic E-state index is 0.544. The minimum absolute atomic E-state index is 0.544. The van der Waals surface area contributed by atoms with Gasteiger partial charge in [0.1, 0.15) is 12.4 Å². The van der Waals surface area contributed by atoms with Crippen molar-refractivity contribution in [3.05, 3.63) is 29.8 Å². The standard InChI is InChI=1S/C20H33N3O/c21-16-19-8-2-5-12-23(19)17-18-7-6-9-20(15-18)24-14-13-22-10-3-1-4-11-22/h6-7,9,15,19H,1-5,8,10-14,16-17,21H2/t19-/m0/s1. The summed E-state index contributed by atoms with van der Waals surface area (Å²) >= 11 is 0. The molecule has 2 N–H and O–H groups in total. The molecule has 2 saturated heterocycles. The van der Waals surface area contributed by atoms with Crippen molar-refractivity contribution >= 4 is 0 Å². The van der Waals surface area contributed by atoms with Gasteiger partial charge < -0.3 is 10.5 Å². The van der Waals surface area contributed by atoms with Crippen LogP contribution in [0, 0.1) is 0 Å². The molecule has 1 aromatic carbocycles. The summed E-state index contributed by atoms with van der Waals surface area (Å²) in [6, 6.07) is 9.16. The fourth-order valence-corrected chi connectivity index (χ4v) is 3.98. The molecule has 2 fully saturated rings. The lowest BCUT2D eigenvalue weighted by atomic mass is 10.0. The predicted molar refractivity (Wildman–Crippen MR) is 99.3 cm³/mol. The van der Waals surface area contributed by atoms with Gasteiger partial charge in [-0.15, -0.1) is 0 Å². The Morgan fingerprint density at radius 2 is 1.88 bits per heavy atom. The van der Waals surface area contributed by atoms with E-state index in [9.17, 15) is 0 Å². The third-order valence-electron chi connectivity index (χ3n) is 5.43. The Kier molecular flexibility index (Phi) is 6.94. The summed E-state index contributed by atoms with van der Waals surface area (Å²) in [6.07, 6.45) is 7.92. The van der Waals surface area contributed by atoms with Crippen molar-refractivity contribution in [3.8, 4) is 5.75 Å². The average molecular weight is 332 g/mol. The van der Waals surface area contributed by atoms with Gasteiger partial charge in [0.05, 0.1) is 0 Å². The molecule has 0 spiro atoms. The van der Waals surface area contributed by atoms with E-state index in [1.807, 2.05) is 0 Å². The zero-order valence-corrected chi connectivity index (χ0v) is 15.0. The number of likely N-dealkylation sites (tertiary alicyclic amines) is 2. The SMILES string of the molecule is NC[C@@H]1CCCCN1Cc1cccc(OCCN2CCCCC2)c1. The molecule has 2 heterocycles. The Hall–Kier alpha value is -1.10. The van der Waals surface area contributed by atoms with E-state index in [1.54, 1.807) is 0 Å². The third kappa shape index (κ3) is 5.20. The Morgan fingerprint density at radius 3 is 2.71 bits per heavy atom. The quantitative estimate of drug-likeness (QED) is 0.834. The molecule has 134 valence electrons. The molecule has 0 unspecified atom stereocenters. The molecular weight excluding hydrogens is 298 g/mol. The van der Waals surface area contributed by atoms with Crippen LogP contribution < -0.4 is 10.5 Å². The second kappa shape index (κ2) is 9.40. The van der Waals surface area contributed by atoms with Gasteiger partial charge in [0, 0.05) is 25.7 Å². The van der Waals surface area contributed by atoms with Crippen LogP contribution in [-0.2, 0) is 6.54 Å². The molecule has 0 saturated carbocycles. The molecule has 0 radical (unpaired) electrons. The summed E-state index contributed by atoms with van der Waals surface area (Å²) in [5, 5.41) is 0. The van der Waals surface area contributed by atoms with Crippen LogP contribution in [0.5, 0.6) is 5.75 Å². The van der Waals surface area contributed by atoms with E-state index < -0.39 is 0 Å². The number of nitrogens with two attached hydrogens (primary N) is 1. The van der Waals surface area contributed by atoms with E-state index in [0.29, 0.717) is 6.04 Å². The highest BCUT2D eigenvalue weighted by Crippen LogP contribution is 2.21. The van der Waals surface area contributed by atoms with Crippen molar-refractivity contribution in [2.45, 2.75) is 51.1 Å². The largest absolute Gasteiger partial charge is 0.492 e. The summed E-state index contributed by atoms with van der Waals surface area (Å²) in [5.74, 6) is 1.01. The van der Waals surface area contributed by atoms with Gasteiger partial charge >= 0.3 is 0 Å². The lowest BCUT2D eigenvalue weighted by Crippen LogP contribution is -2.43. The van der Waals surface area contributed by atoms with Crippen molar-refractivity contribution in [1.82, 2.24) is 9.80 Å². The van der Waals surface area contributed by atoms with Crippen LogP contribution in [0.2, 0.25) is 0 Å². The fraction of sp³-hybridized carbons (Fsp3) is 0.700. The van der Waals surface area contributed by atoms with E-state index in [1.165, 1.54) is 63.7 Å².